The molecule has 2 aliphatic rings. The number of hydrogen-bond donors (Lipinski definition) is 2. The van der Waals surface area contributed by atoms with Crippen molar-refractivity contribution in [2.75, 3.05) is 19.6 Å². The molecule has 0 radical (unpaired) electrons. The van der Waals surface area contributed by atoms with Gasteiger partial charge in [0, 0.05) is 42.3 Å². The number of aromatic nitrogens is 1. The van der Waals surface area contributed by atoms with Crippen LogP contribution in [0.25, 0.3) is 11.1 Å². The summed E-state index contributed by atoms with van der Waals surface area (Å²) in [5, 5.41) is 12.2. The van der Waals surface area contributed by atoms with Crippen LogP contribution in [0, 0.1) is 55.5 Å². The van der Waals surface area contributed by atoms with Gasteiger partial charge in [0.05, 0.1) is 23.6 Å². The number of piperidine rings is 1. The van der Waals surface area contributed by atoms with E-state index < -0.39 is 94.0 Å². The van der Waals surface area contributed by atoms with Gasteiger partial charge in [0.15, 0.2) is 0 Å². The second-order valence-corrected chi connectivity index (χ2v) is 15.0. The van der Waals surface area contributed by atoms with E-state index in [-0.39, 0.29) is 79.1 Å². The monoisotopic (exact) mass is 779 g/mol. The fourth-order valence-corrected chi connectivity index (χ4v) is 7.63. The number of carboxylic acid groups (broad SMARTS) is 1. The molecule has 1 aliphatic heterocycles. The maximum absolute atomic E-state index is 16.6. The lowest BCUT2D eigenvalue weighted by molar-refractivity contribution is -0.139. The van der Waals surface area contributed by atoms with Crippen molar-refractivity contribution in [3.63, 3.8) is 0 Å². The van der Waals surface area contributed by atoms with Crippen molar-refractivity contribution in [3.8, 4) is 23.5 Å². The summed E-state index contributed by atoms with van der Waals surface area (Å²) in [4.78, 5) is 41.5. The molecule has 3 aromatic rings. The lowest BCUT2D eigenvalue weighted by atomic mass is 9.87. The number of halogens is 8. The largest absolute Gasteiger partial charge is 0.481 e. The van der Waals surface area contributed by atoms with E-state index in [0.29, 0.717) is 6.07 Å². The molecule has 2 heterocycles. The Morgan fingerprint density at radius 3 is 2.15 bits per heavy atom. The van der Waals surface area contributed by atoms with E-state index >= 15 is 8.78 Å². The average molecular weight is 780 g/mol. The van der Waals surface area contributed by atoms with Gasteiger partial charge in [-0.15, -0.1) is 6.42 Å². The number of carboxylic acids is 1. The first-order valence-corrected chi connectivity index (χ1v) is 17.8. The minimum atomic E-state index is -4.96. The van der Waals surface area contributed by atoms with E-state index in [1.54, 1.807) is 18.7 Å². The molecule has 2 fully saturated rings. The third-order valence-corrected chi connectivity index (χ3v) is 10.4. The van der Waals surface area contributed by atoms with Crippen LogP contribution in [0.2, 0.25) is 0 Å². The topological polar surface area (TPSA) is 91.6 Å². The van der Waals surface area contributed by atoms with E-state index in [1.807, 2.05) is 0 Å². The number of aryl methyl sites for hydroxylation is 2. The Labute approximate surface area is 312 Å². The van der Waals surface area contributed by atoms with Crippen molar-refractivity contribution in [2.24, 2.45) is 11.8 Å². The van der Waals surface area contributed by atoms with Crippen molar-refractivity contribution < 1.29 is 49.8 Å². The van der Waals surface area contributed by atoms with Gasteiger partial charge in [-0.3, -0.25) is 14.4 Å². The van der Waals surface area contributed by atoms with Gasteiger partial charge in [-0.05, 0) is 98.5 Å². The number of nitrogens with one attached hydrogen (secondary N) is 1. The highest BCUT2D eigenvalue weighted by Gasteiger charge is 2.57. The average Bonchev–Trinajstić information content (AvgIpc) is 3.68. The fourth-order valence-electron chi connectivity index (χ4n) is 7.63. The van der Waals surface area contributed by atoms with Gasteiger partial charge in [-0.1, -0.05) is 19.8 Å². The molecular formula is C40H41F8N3O4. The van der Waals surface area contributed by atoms with Gasteiger partial charge < -0.3 is 19.9 Å². The zero-order valence-electron chi connectivity index (χ0n) is 30.6. The summed E-state index contributed by atoms with van der Waals surface area (Å²) in [6.07, 6.45) is 0.387. The first-order chi connectivity index (χ1) is 25.6. The summed E-state index contributed by atoms with van der Waals surface area (Å²) in [5.74, 6) is -8.55. The Balaban J connectivity index is 1.56. The number of nitrogens with zero attached hydrogens (tertiary/aromatic N) is 2. The number of carbonyl (C=O) groups excluding carboxylic acids is 1. The lowest BCUT2D eigenvalue weighted by Crippen LogP contribution is -2.41. The third kappa shape index (κ3) is 9.06. The predicted molar refractivity (Wildman–Crippen MR) is 188 cm³/mol. The van der Waals surface area contributed by atoms with Gasteiger partial charge in [0.25, 0.3) is 11.5 Å². The van der Waals surface area contributed by atoms with Crippen molar-refractivity contribution in [2.45, 2.75) is 89.9 Å². The number of amides is 1. The van der Waals surface area contributed by atoms with Gasteiger partial charge in [-0.2, -0.15) is 13.2 Å². The standard InChI is InChI=1S/C40H41F8N3O4/c1-6-23-14-27(34-21(4)12-26(41)13-22(34)5)37(43)35(36(23)42)30(16-33(53)54)49-38(55)31(11-20(2)3)51-19-28(29(15-32(51)52)40(46,47)48)24-7-9-50(10-8-24)18-25-17-39(25,44)45/h1,12-15,19-20,24-25,30-31H,7-11,16-18H2,2-5H3,(H,49,55)(H,53,54)/t25?,30-,31-/m0/s1. The zero-order valence-corrected chi connectivity index (χ0v) is 30.6. The molecule has 2 aromatic carbocycles. The SMILES string of the molecule is C#Cc1cc(-c2c(C)cc(F)cc2C)c(F)c([C@H](CC(=O)O)NC(=O)[C@H](CC(C)C)n2cc(C3CCN(CC4CC4(F)F)CC3)c(C(F)(F)F)cc2=O)c1F. The van der Waals surface area contributed by atoms with E-state index in [9.17, 15) is 45.8 Å². The van der Waals surface area contributed by atoms with Crippen LogP contribution in [0.3, 0.4) is 0 Å². The molecular weight excluding hydrogens is 738 g/mol. The zero-order chi connectivity index (χ0) is 40.7. The molecule has 15 heteroatoms. The Hall–Kier alpha value is -4.71. The second kappa shape index (κ2) is 15.8. The minimum Gasteiger partial charge on any atom is -0.481 e. The first kappa shape index (κ1) is 41.5. The van der Waals surface area contributed by atoms with Crippen LogP contribution in [0.15, 0.2) is 35.3 Å². The van der Waals surface area contributed by atoms with Crippen LogP contribution in [0.4, 0.5) is 35.1 Å². The van der Waals surface area contributed by atoms with Crippen LogP contribution >= 0.6 is 0 Å². The Morgan fingerprint density at radius 1 is 1.04 bits per heavy atom. The number of alkyl halides is 5. The van der Waals surface area contributed by atoms with Crippen LogP contribution in [0.5, 0.6) is 0 Å². The number of likely N-dealkylation sites (tertiary alicyclic amines) is 1. The van der Waals surface area contributed by atoms with Gasteiger partial charge >= 0.3 is 12.1 Å². The van der Waals surface area contributed by atoms with Crippen LogP contribution in [-0.2, 0) is 15.8 Å². The highest BCUT2D eigenvalue weighted by atomic mass is 19.4. The smallest absolute Gasteiger partial charge is 0.416 e. The molecule has 296 valence electrons. The number of carbonyl (C=O) groups is 2. The number of rotatable bonds is 12. The number of aliphatic carboxylic acids is 1. The lowest BCUT2D eigenvalue weighted by Gasteiger charge is -2.34. The maximum Gasteiger partial charge on any atom is 0.416 e. The molecule has 0 spiro atoms. The first-order valence-electron chi connectivity index (χ1n) is 17.8. The van der Waals surface area contributed by atoms with Crippen molar-refractivity contribution >= 4 is 11.9 Å². The minimum absolute atomic E-state index is 0.107. The highest BCUT2D eigenvalue weighted by molar-refractivity contribution is 5.82. The molecule has 3 atom stereocenters. The molecule has 55 heavy (non-hydrogen) atoms. The summed E-state index contributed by atoms with van der Waals surface area (Å²) in [7, 11) is 0. The second-order valence-electron chi connectivity index (χ2n) is 15.0. The molecule has 2 N–H and O–H groups in total. The summed E-state index contributed by atoms with van der Waals surface area (Å²) >= 11 is 0. The Morgan fingerprint density at radius 2 is 1.64 bits per heavy atom. The van der Waals surface area contributed by atoms with E-state index in [2.05, 4.69) is 11.2 Å². The molecule has 7 nitrogen and oxygen atoms in total. The number of pyridine rings is 1. The number of benzene rings is 2. The van der Waals surface area contributed by atoms with Crippen LogP contribution < -0.4 is 10.9 Å². The van der Waals surface area contributed by atoms with E-state index in [1.165, 1.54) is 13.8 Å². The van der Waals surface area contributed by atoms with Gasteiger partial charge in [0.2, 0.25) is 5.91 Å². The van der Waals surface area contributed by atoms with E-state index in [4.69, 9.17) is 6.42 Å². The molecule has 1 aromatic heterocycles. The molecule has 1 saturated carbocycles. The van der Waals surface area contributed by atoms with E-state index in [0.717, 1.165) is 29.0 Å². The quantitative estimate of drug-likeness (QED) is 0.143. The van der Waals surface area contributed by atoms with Crippen LogP contribution in [0.1, 0.15) is 97.3 Å². The summed E-state index contributed by atoms with van der Waals surface area (Å²) in [5.41, 5.74) is -3.72. The Bertz CT molecular complexity index is 2060. The third-order valence-electron chi connectivity index (χ3n) is 10.4. The Kier molecular flexibility index (Phi) is 11.9. The van der Waals surface area contributed by atoms with Crippen molar-refractivity contribution in [3.05, 3.63) is 91.6 Å². The summed E-state index contributed by atoms with van der Waals surface area (Å²) in [6.45, 7) is 6.85. The number of terminal acetylenes is 1. The number of hydrogen-bond acceptors (Lipinski definition) is 4. The normalized spacial score (nSPS) is 18.5. The predicted octanol–water partition coefficient (Wildman–Crippen LogP) is 8.30. The molecule has 1 saturated heterocycles. The molecule has 5 rings (SSSR count). The fraction of sp³-hybridized carbons (Fsp3) is 0.475. The summed E-state index contributed by atoms with van der Waals surface area (Å²) < 4.78 is 118. The van der Waals surface area contributed by atoms with Gasteiger partial charge in [-0.25, -0.2) is 22.0 Å². The van der Waals surface area contributed by atoms with Gasteiger partial charge in [0.1, 0.15) is 23.5 Å². The highest BCUT2D eigenvalue weighted by Crippen LogP contribution is 2.49. The summed E-state index contributed by atoms with van der Waals surface area (Å²) in [6, 6.07) is 0.129. The maximum atomic E-state index is 16.6. The molecule has 1 aliphatic carbocycles. The molecule has 1 amide bonds. The van der Waals surface area contributed by atoms with Crippen LogP contribution in [-0.4, -0.2) is 52.0 Å². The molecule has 1 unspecified atom stereocenters. The van der Waals surface area contributed by atoms with Crippen molar-refractivity contribution in [1.29, 1.82) is 0 Å². The molecule has 0 bridgehead atoms. The van der Waals surface area contributed by atoms with Crippen molar-refractivity contribution in [1.82, 2.24) is 14.8 Å².